The predicted molar refractivity (Wildman–Crippen MR) is 67.8 cm³/mol. The van der Waals surface area contributed by atoms with Crippen molar-refractivity contribution in [2.24, 2.45) is 5.92 Å². The van der Waals surface area contributed by atoms with Gasteiger partial charge in [0.25, 0.3) is 0 Å². The first-order valence-electron chi connectivity index (χ1n) is 6.71. The summed E-state index contributed by atoms with van der Waals surface area (Å²) < 4.78 is 22.0. The van der Waals surface area contributed by atoms with E-state index in [4.69, 9.17) is 9.05 Å². The van der Waals surface area contributed by atoms with Gasteiger partial charge in [-0.3, -0.25) is 9.05 Å². The summed E-state index contributed by atoms with van der Waals surface area (Å²) in [5.41, 5.74) is 0. The summed E-state index contributed by atoms with van der Waals surface area (Å²) in [6.45, 7) is 4.45. The molecule has 0 saturated carbocycles. The third-order valence-corrected chi connectivity index (χ3v) is 4.48. The Morgan fingerprint density at radius 1 is 1.29 bits per heavy atom. The second-order valence-electron chi connectivity index (χ2n) is 4.89. The van der Waals surface area contributed by atoms with E-state index in [0.29, 0.717) is 12.5 Å². The molecule has 1 N–H and O–H groups in total. The molecule has 0 bridgehead atoms. The average Bonchev–Trinajstić information content (AvgIpc) is 2.32. The van der Waals surface area contributed by atoms with Crippen LogP contribution in [-0.2, 0) is 13.6 Å². The first kappa shape index (κ1) is 15.2. The lowest BCUT2D eigenvalue weighted by atomic mass is 9.96. The minimum Gasteiger partial charge on any atom is -0.302 e. The molecule has 0 aromatic carbocycles. The van der Waals surface area contributed by atoms with Gasteiger partial charge in [-0.05, 0) is 18.8 Å². The van der Waals surface area contributed by atoms with Crippen molar-refractivity contribution >= 4 is 7.82 Å². The van der Waals surface area contributed by atoms with E-state index in [2.05, 4.69) is 13.8 Å². The molecule has 3 atom stereocenters. The van der Waals surface area contributed by atoms with Crippen LogP contribution < -0.4 is 0 Å². The Balaban J connectivity index is 2.61. The van der Waals surface area contributed by atoms with E-state index in [9.17, 15) is 9.46 Å². The quantitative estimate of drug-likeness (QED) is 0.769. The molecular weight excluding hydrogens is 239 g/mol. The molecule has 0 aromatic heterocycles. The molecule has 0 spiro atoms. The van der Waals surface area contributed by atoms with Crippen LogP contribution in [0.5, 0.6) is 0 Å². The second kappa shape index (κ2) is 7.52. The van der Waals surface area contributed by atoms with E-state index in [1.807, 2.05) is 0 Å². The van der Waals surface area contributed by atoms with Crippen molar-refractivity contribution in [2.45, 2.75) is 64.9 Å². The predicted octanol–water partition coefficient (Wildman–Crippen LogP) is 3.89. The average molecular weight is 264 g/mol. The zero-order valence-electron chi connectivity index (χ0n) is 10.9. The van der Waals surface area contributed by atoms with Gasteiger partial charge in [0.05, 0.1) is 12.7 Å². The van der Waals surface area contributed by atoms with Gasteiger partial charge >= 0.3 is 7.82 Å². The van der Waals surface area contributed by atoms with Gasteiger partial charge in [0.2, 0.25) is 0 Å². The summed E-state index contributed by atoms with van der Waals surface area (Å²) in [6, 6.07) is 0. The summed E-state index contributed by atoms with van der Waals surface area (Å²) in [4.78, 5) is 9.61. The highest BCUT2D eigenvalue weighted by molar-refractivity contribution is 7.47. The van der Waals surface area contributed by atoms with Crippen molar-refractivity contribution in [1.82, 2.24) is 0 Å². The molecule has 1 aliphatic rings. The molecule has 0 aliphatic carbocycles. The van der Waals surface area contributed by atoms with Crippen molar-refractivity contribution in [2.75, 3.05) is 6.61 Å². The summed E-state index contributed by atoms with van der Waals surface area (Å²) >= 11 is 0. The zero-order chi connectivity index (χ0) is 12.7. The SMILES string of the molecule is CCC(C)C1CCCCCCCOP(=O)(O)O1. The smallest absolute Gasteiger partial charge is 0.302 e. The van der Waals surface area contributed by atoms with Crippen LogP contribution in [0, 0.1) is 5.92 Å². The van der Waals surface area contributed by atoms with Gasteiger partial charge in [0.15, 0.2) is 0 Å². The van der Waals surface area contributed by atoms with Crippen LogP contribution in [0.25, 0.3) is 0 Å². The summed E-state index contributed by atoms with van der Waals surface area (Å²) in [6.07, 6.45) is 6.95. The second-order valence-corrected chi connectivity index (χ2v) is 6.29. The summed E-state index contributed by atoms with van der Waals surface area (Å²) in [5.74, 6) is 0.292. The Hall–Kier alpha value is 0.110. The van der Waals surface area contributed by atoms with Crippen LogP contribution in [-0.4, -0.2) is 17.6 Å². The van der Waals surface area contributed by atoms with Gasteiger partial charge in [-0.25, -0.2) is 4.57 Å². The van der Waals surface area contributed by atoms with E-state index in [-0.39, 0.29) is 6.10 Å². The molecule has 1 fully saturated rings. The molecule has 1 heterocycles. The zero-order valence-corrected chi connectivity index (χ0v) is 11.8. The Labute approximate surface area is 104 Å². The first-order chi connectivity index (χ1) is 8.05. The lowest BCUT2D eigenvalue weighted by Crippen LogP contribution is -2.21. The van der Waals surface area contributed by atoms with Crippen molar-refractivity contribution in [3.05, 3.63) is 0 Å². The number of phosphoric ester groups is 1. The standard InChI is InChI=1S/C12H25O4P/c1-3-11(2)12-9-7-5-4-6-8-10-15-17(13,14)16-12/h11-12H,3-10H2,1-2H3,(H,13,14). The molecule has 0 aromatic rings. The van der Waals surface area contributed by atoms with Gasteiger partial charge in [0, 0.05) is 0 Å². The Morgan fingerprint density at radius 3 is 2.65 bits per heavy atom. The largest absolute Gasteiger partial charge is 0.472 e. The maximum absolute atomic E-state index is 11.7. The fourth-order valence-corrected chi connectivity index (χ4v) is 3.14. The molecule has 0 radical (unpaired) electrons. The third kappa shape index (κ3) is 6.01. The van der Waals surface area contributed by atoms with Crippen molar-refractivity contribution in [1.29, 1.82) is 0 Å². The van der Waals surface area contributed by atoms with Gasteiger partial charge in [-0.2, -0.15) is 0 Å². The van der Waals surface area contributed by atoms with E-state index in [0.717, 1.165) is 32.1 Å². The van der Waals surface area contributed by atoms with E-state index < -0.39 is 7.82 Å². The van der Waals surface area contributed by atoms with Crippen molar-refractivity contribution in [3.8, 4) is 0 Å². The van der Waals surface area contributed by atoms with Crippen LogP contribution in [0.4, 0.5) is 0 Å². The highest BCUT2D eigenvalue weighted by Gasteiger charge is 2.29. The van der Waals surface area contributed by atoms with E-state index in [1.165, 1.54) is 12.8 Å². The Morgan fingerprint density at radius 2 is 1.94 bits per heavy atom. The van der Waals surface area contributed by atoms with E-state index >= 15 is 0 Å². The fourth-order valence-electron chi connectivity index (χ4n) is 2.06. The lowest BCUT2D eigenvalue weighted by Gasteiger charge is -2.25. The van der Waals surface area contributed by atoms with Crippen LogP contribution in [0.1, 0.15) is 58.8 Å². The number of hydrogen-bond acceptors (Lipinski definition) is 3. The molecule has 5 heteroatoms. The Bertz CT molecular complexity index is 257. The Kier molecular flexibility index (Phi) is 6.71. The van der Waals surface area contributed by atoms with Crippen molar-refractivity contribution in [3.63, 3.8) is 0 Å². The number of rotatable bonds is 2. The molecule has 0 amide bonds. The van der Waals surface area contributed by atoms with Gasteiger partial charge in [0.1, 0.15) is 0 Å². The highest BCUT2D eigenvalue weighted by atomic mass is 31.2. The minimum absolute atomic E-state index is 0.158. The van der Waals surface area contributed by atoms with Gasteiger partial charge < -0.3 is 4.89 Å². The highest BCUT2D eigenvalue weighted by Crippen LogP contribution is 2.47. The fraction of sp³-hybridized carbons (Fsp3) is 1.00. The molecule has 17 heavy (non-hydrogen) atoms. The monoisotopic (exact) mass is 264 g/mol. The molecule has 1 aliphatic heterocycles. The molecule has 3 unspecified atom stereocenters. The first-order valence-corrected chi connectivity index (χ1v) is 8.20. The van der Waals surface area contributed by atoms with Gasteiger partial charge in [-0.1, -0.05) is 46.0 Å². The van der Waals surface area contributed by atoms with Crippen LogP contribution >= 0.6 is 7.82 Å². The maximum Gasteiger partial charge on any atom is 0.472 e. The normalized spacial score (nSPS) is 34.9. The van der Waals surface area contributed by atoms with Gasteiger partial charge in [-0.15, -0.1) is 0 Å². The van der Waals surface area contributed by atoms with Crippen LogP contribution in [0.2, 0.25) is 0 Å². The summed E-state index contributed by atoms with van der Waals surface area (Å²) in [7, 11) is -3.85. The van der Waals surface area contributed by atoms with E-state index in [1.54, 1.807) is 0 Å². The third-order valence-electron chi connectivity index (χ3n) is 3.43. The lowest BCUT2D eigenvalue weighted by molar-refractivity contribution is 0.0672. The molecule has 102 valence electrons. The minimum atomic E-state index is -3.85. The van der Waals surface area contributed by atoms with Crippen LogP contribution in [0.15, 0.2) is 0 Å². The number of phosphoric acid groups is 1. The topological polar surface area (TPSA) is 55.8 Å². The van der Waals surface area contributed by atoms with Crippen molar-refractivity contribution < 1.29 is 18.5 Å². The molecule has 4 nitrogen and oxygen atoms in total. The molecule has 1 saturated heterocycles. The molecular formula is C12H25O4P. The number of hydrogen-bond donors (Lipinski definition) is 1. The summed E-state index contributed by atoms with van der Waals surface area (Å²) in [5, 5.41) is 0. The van der Waals surface area contributed by atoms with Crippen LogP contribution in [0.3, 0.4) is 0 Å². The maximum atomic E-state index is 11.7. The molecule has 1 rings (SSSR count).